The predicted molar refractivity (Wildman–Crippen MR) is 103 cm³/mol. The second-order valence-electron chi connectivity index (χ2n) is 6.67. The van der Waals surface area contributed by atoms with Gasteiger partial charge < -0.3 is 26.3 Å². The van der Waals surface area contributed by atoms with Crippen LogP contribution in [0.4, 0.5) is 5.69 Å². The second-order valence-corrected chi connectivity index (χ2v) is 6.67. The number of hydrogen-bond donors (Lipinski definition) is 3. The minimum Gasteiger partial charge on any atom is -0.493 e. The van der Waals surface area contributed by atoms with Gasteiger partial charge in [0.25, 0.3) is 5.91 Å². The average molecular weight is 364 g/mol. The molecule has 1 aliphatic heterocycles. The Morgan fingerprint density at radius 2 is 2.23 bits per heavy atom. The molecule has 0 radical (unpaired) electrons. The van der Waals surface area contributed by atoms with Crippen molar-refractivity contribution in [3.8, 4) is 5.75 Å². The highest BCUT2D eigenvalue weighted by Gasteiger charge is 2.21. The molecular weight excluding hydrogens is 332 g/mol. The number of anilines is 1. The van der Waals surface area contributed by atoms with E-state index in [4.69, 9.17) is 20.9 Å². The molecule has 7 nitrogen and oxygen atoms in total. The van der Waals surface area contributed by atoms with Gasteiger partial charge in [-0.15, -0.1) is 0 Å². The van der Waals surface area contributed by atoms with E-state index >= 15 is 0 Å². The van der Waals surface area contributed by atoms with E-state index in [-0.39, 0.29) is 12.0 Å². The maximum Gasteiger partial charge on any atom is 0.255 e. The molecule has 1 aliphatic rings. The molecule has 26 heavy (non-hydrogen) atoms. The van der Waals surface area contributed by atoms with Gasteiger partial charge in [0, 0.05) is 31.4 Å². The van der Waals surface area contributed by atoms with Crippen molar-refractivity contribution in [2.45, 2.75) is 39.2 Å². The fourth-order valence-electron chi connectivity index (χ4n) is 2.96. The van der Waals surface area contributed by atoms with E-state index in [1.807, 2.05) is 13.8 Å². The van der Waals surface area contributed by atoms with Crippen LogP contribution in [0.1, 0.15) is 42.1 Å². The summed E-state index contributed by atoms with van der Waals surface area (Å²) in [6, 6.07) is 3.49. The van der Waals surface area contributed by atoms with Crippen molar-refractivity contribution in [2.24, 2.45) is 5.73 Å². The highest BCUT2D eigenvalue weighted by Crippen LogP contribution is 2.25. The lowest BCUT2D eigenvalue weighted by Crippen LogP contribution is -2.43. The topological polar surface area (TPSA) is 103 Å². The third-order valence-electron chi connectivity index (χ3n) is 4.59. The first kappa shape index (κ1) is 20.5. The van der Waals surface area contributed by atoms with Gasteiger partial charge in [-0.2, -0.15) is 0 Å². The number of nitrogens with one attached hydrogen (secondary N) is 1. The standard InChI is InChI=1S/C19H32N4O3/c1-3-25-18-11-17(21)14(2)10-16(18)19(24)22-12-15-6-9-23(13-26-15)8-5-4-7-20/h10-11,15H,3-9,12-13,20-21H2,1-2H3,(H,22,24). The Morgan fingerprint density at radius 1 is 1.42 bits per heavy atom. The Hall–Kier alpha value is -1.83. The lowest BCUT2D eigenvalue weighted by Gasteiger charge is -2.32. The van der Waals surface area contributed by atoms with E-state index < -0.39 is 0 Å². The molecule has 1 heterocycles. The Bertz CT molecular complexity index is 586. The summed E-state index contributed by atoms with van der Waals surface area (Å²) in [6.45, 7) is 8.07. The molecule has 2 rings (SSSR count). The van der Waals surface area contributed by atoms with Crippen molar-refractivity contribution in [3.63, 3.8) is 0 Å². The van der Waals surface area contributed by atoms with Gasteiger partial charge in [0.05, 0.1) is 25.0 Å². The minimum atomic E-state index is -0.162. The molecule has 0 saturated carbocycles. The quantitative estimate of drug-likeness (QED) is 0.453. The number of aryl methyl sites for hydroxylation is 1. The monoisotopic (exact) mass is 364 g/mol. The summed E-state index contributed by atoms with van der Waals surface area (Å²) >= 11 is 0. The summed E-state index contributed by atoms with van der Waals surface area (Å²) in [5.74, 6) is 0.356. The summed E-state index contributed by atoms with van der Waals surface area (Å²) in [5.41, 5.74) is 13.4. The van der Waals surface area contributed by atoms with Gasteiger partial charge >= 0.3 is 0 Å². The van der Waals surface area contributed by atoms with E-state index in [0.717, 1.165) is 44.5 Å². The van der Waals surface area contributed by atoms with Crippen LogP contribution in [-0.4, -0.2) is 56.4 Å². The number of rotatable bonds is 9. The molecule has 7 heteroatoms. The summed E-state index contributed by atoms with van der Waals surface area (Å²) in [4.78, 5) is 14.9. The number of unbranched alkanes of at least 4 members (excludes halogenated alkanes) is 1. The molecule has 1 atom stereocenters. The first-order chi connectivity index (χ1) is 12.5. The molecule has 1 saturated heterocycles. The van der Waals surface area contributed by atoms with E-state index in [9.17, 15) is 4.79 Å². The maximum atomic E-state index is 12.6. The fraction of sp³-hybridized carbons (Fsp3) is 0.632. The third kappa shape index (κ3) is 5.86. The zero-order chi connectivity index (χ0) is 18.9. The van der Waals surface area contributed by atoms with Crippen molar-refractivity contribution >= 4 is 11.6 Å². The Balaban J connectivity index is 1.83. The number of hydrogen-bond acceptors (Lipinski definition) is 6. The predicted octanol–water partition coefficient (Wildman–Crippen LogP) is 1.49. The van der Waals surface area contributed by atoms with Gasteiger partial charge in [-0.1, -0.05) is 0 Å². The normalized spacial score (nSPS) is 17.9. The first-order valence-electron chi connectivity index (χ1n) is 9.40. The average Bonchev–Trinajstić information content (AvgIpc) is 2.64. The smallest absolute Gasteiger partial charge is 0.255 e. The van der Waals surface area contributed by atoms with Gasteiger partial charge in [0.15, 0.2) is 0 Å². The third-order valence-corrected chi connectivity index (χ3v) is 4.59. The van der Waals surface area contributed by atoms with Crippen LogP contribution in [0.5, 0.6) is 5.75 Å². The Labute approximate surface area is 156 Å². The number of carbonyl (C=O) groups excluding carboxylic acids is 1. The molecule has 1 fully saturated rings. The van der Waals surface area contributed by atoms with Crippen molar-refractivity contribution < 1.29 is 14.3 Å². The first-order valence-corrected chi connectivity index (χ1v) is 9.40. The number of carbonyl (C=O) groups is 1. The van der Waals surface area contributed by atoms with Crippen molar-refractivity contribution in [2.75, 3.05) is 45.3 Å². The molecule has 0 bridgehead atoms. The lowest BCUT2D eigenvalue weighted by atomic mass is 10.1. The van der Waals surface area contributed by atoms with Gasteiger partial charge in [0.2, 0.25) is 0 Å². The summed E-state index contributed by atoms with van der Waals surface area (Å²) in [6.07, 6.45) is 3.08. The number of amides is 1. The Morgan fingerprint density at radius 3 is 2.88 bits per heavy atom. The fourth-order valence-corrected chi connectivity index (χ4v) is 2.96. The molecule has 0 aromatic heterocycles. The van der Waals surface area contributed by atoms with Crippen LogP contribution in [0.25, 0.3) is 0 Å². The summed E-state index contributed by atoms with van der Waals surface area (Å²) < 4.78 is 11.4. The molecule has 0 spiro atoms. The summed E-state index contributed by atoms with van der Waals surface area (Å²) in [7, 11) is 0. The second kappa shape index (κ2) is 10.4. The highest BCUT2D eigenvalue weighted by molar-refractivity contribution is 5.97. The van der Waals surface area contributed by atoms with Crippen LogP contribution >= 0.6 is 0 Å². The van der Waals surface area contributed by atoms with Crippen molar-refractivity contribution in [3.05, 3.63) is 23.3 Å². The lowest BCUT2D eigenvalue weighted by molar-refractivity contribution is -0.0661. The number of nitrogens with two attached hydrogens (primary N) is 2. The van der Waals surface area contributed by atoms with Crippen LogP contribution in [0, 0.1) is 6.92 Å². The summed E-state index contributed by atoms with van der Waals surface area (Å²) in [5, 5.41) is 2.96. The number of benzene rings is 1. The molecule has 5 N–H and O–H groups in total. The van der Waals surface area contributed by atoms with Gasteiger partial charge in [0.1, 0.15) is 5.75 Å². The maximum absolute atomic E-state index is 12.6. The number of nitrogens with zero attached hydrogens (tertiary/aromatic N) is 1. The van der Waals surface area contributed by atoms with Gasteiger partial charge in [-0.3, -0.25) is 9.69 Å². The highest BCUT2D eigenvalue weighted by atomic mass is 16.5. The molecule has 1 amide bonds. The van der Waals surface area contributed by atoms with Crippen LogP contribution in [-0.2, 0) is 4.74 Å². The van der Waals surface area contributed by atoms with Crippen molar-refractivity contribution in [1.82, 2.24) is 10.2 Å². The van der Waals surface area contributed by atoms with E-state index in [1.165, 1.54) is 0 Å². The van der Waals surface area contributed by atoms with Gasteiger partial charge in [-0.05, 0) is 51.3 Å². The van der Waals surface area contributed by atoms with E-state index in [0.29, 0.717) is 36.9 Å². The SMILES string of the molecule is CCOc1cc(N)c(C)cc1C(=O)NCC1CCN(CCCCN)CO1. The van der Waals surface area contributed by atoms with Crippen LogP contribution in [0.15, 0.2) is 12.1 Å². The number of ether oxygens (including phenoxy) is 2. The largest absolute Gasteiger partial charge is 0.493 e. The zero-order valence-electron chi connectivity index (χ0n) is 15.9. The molecular formula is C19H32N4O3. The molecule has 0 aliphatic carbocycles. The molecule has 1 aromatic rings. The minimum absolute atomic E-state index is 0.0372. The van der Waals surface area contributed by atoms with Gasteiger partial charge in [-0.25, -0.2) is 0 Å². The number of nitrogen functional groups attached to an aromatic ring is 1. The van der Waals surface area contributed by atoms with Crippen LogP contribution in [0.2, 0.25) is 0 Å². The van der Waals surface area contributed by atoms with Crippen LogP contribution < -0.4 is 21.5 Å². The molecule has 146 valence electrons. The Kier molecular flexibility index (Phi) is 8.15. The van der Waals surface area contributed by atoms with E-state index in [2.05, 4.69) is 10.2 Å². The van der Waals surface area contributed by atoms with E-state index in [1.54, 1.807) is 12.1 Å². The molecule has 1 unspecified atom stereocenters. The van der Waals surface area contributed by atoms with Crippen LogP contribution in [0.3, 0.4) is 0 Å². The van der Waals surface area contributed by atoms with Crippen molar-refractivity contribution in [1.29, 1.82) is 0 Å². The zero-order valence-corrected chi connectivity index (χ0v) is 15.9. The molecule has 1 aromatic carbocycles.